The van der Waals surface area contributed by atoms with Crippen LogP contribution in [0.3, 0.4) is 0 Å². The van der Waals surface area contributed by atoms with Crippen molar-refractivity contribution in [1.29, 1.82) is 0 Å². The molecule has 4 aromatic carbocycles. The number of hydrogen-bond acceptors (Lipinski definition) is 14. The first-order valence-corrected chi connectivity index (χ1v) is 24.2. The SMILES string of the molecule is CCCCCCOc1ccc(OC(=O)[C@H]2CC[C@H](C(=O)Oc3ccc(OC(=O)[C@H]4CC[C@H](C(=O)Oc5ccc(OC)cc5)CC4)c4sc(-c5nc6c(C)cc(C)cc6s5)nc34)CC2)cc1. The van der Waals surface area contributed by atoms with Gasteiger partial charge in [0.1, 0.15) is 33.2 Å². The second kappa shape index (κ2) is 21.0. The van der Waals surface area contributed by atoms with Gasteiger partial charge in [0.25, 0.3) is 0 Å². The van der Waals surface area contributed by atoms with Crippen molar-refractivity contribution < 1.29 is 47.6 Å². The Morgan fingerprint density at radius 2 is 1.03 bits per heavy atom. The van der Waals surface area contributed by atoms with Crippen LogP contribution in [0.2, 0.25) is 0 Å². The van der Waals surface area contributed by atoms with Crippen LogP contribution in [0.15, 0.2) is 72.8 Å². The summed E-state index contributed by atoms with van der Waals surface area (Å²) in [4.78, 5) is 63.5. The van der Waals surface area contributed by atoms with E-state index in [1.165, 1.54) is 35.5 Å². The molecule has 0 spiro atoms. The van der Waals surface area contributed by atoms with E-state index in [4.69, 9.17) is 38.4 Å². The lowest BCUT2D eigenvalue weighted by atomic mass is 9.82. The lowest BCUT2D eigenvalue weighted by Crippen LogP contribution is -2.30. The van der Waals surface area contributed by atoms with Gasteiger partial charge in [-0.2, -0.15) is 0 Å². The van der Waals surface area contributed by atoms with Crippen LogP contribution in [0.25, 0.3) is 30.4 Å². The third-order valence-corrected chi connectivity index (χ3v) is 14.5. The molecule has 8 rings (SSSR count). The summed E-state index contributed by atoms with van der Waals surface area (Å²) in [5.41, 5.74) is 3.49. The second-order valence-electron chi connectivity index (χ2n) is 17.0. The third-order valence-electron chi connectivity index (χ3n) is 12.3. The van der Waals surface area contributed by atoms with Crippen LogP contribution in [0.4, 0.5) is 0 Å². The lowest BCUT2D eigenvalue weighted by Gasteiger charge is -2.26. The average Bonchev–Trinajstić information content (AvgIpc) is 3.97. The summed E-state index contributed by atoms with van der Waals surface area (Å²) in [5, 5.41) is 1.31. The highest BCUT2D eigenvalue weighted by Gasteiger charge is 2.35. The van der Waals surface area contributed by atoms with Crippen molar-refractivity contribution in [3.63, 3.8) is 0 Å². The van der Waals surface area contributed by atoms with Crippen LogP contribution < -0.4 is 28.4 Å². The molecule has 2 aliphatic carbocycles. The van der Waals surface area contributed by atoms with Crippen molar-refractivity contribution in [2.24, 2.45) is 23.7 Å². The minimum Gasteiger partial charge on any atom is -0.497 e. The van der Waals surface area contributed by atoms with Crippen LogP contribution in [0, 0.1) is 37.5 Å². The van der Waals surface area contributed by atoms with E-state index in [0.717, 1.165) is 39.9 Å². The Bertz CT molecular complexity index is 2640. The maximum Gasteiger partial charge on any atom is 0.314 e. The predicted octanol–water partition coefficient (Wildman–Crippen LogP) is 11.8. The molecule has 14 heteroatoms. The molecule has 340 valence electrons. The molecule has 6 aromatic rings. The minimum atomic E-state index is -0.419. The number of nitrogens with zero attached hydrogens (tertiary/aromatic N) is 2. The number of aryl methyl sites for hydroxylation is 2. The first-order valence-electron chi connectivity index (χ1n) is 22.6. The van der Waals surface area contributed by atoms with Crippen molar-refractivity contribution in [3.8, 4) is 44.5 Å². The minimum absolute atomic E-state index is 0.256. The summed E-state index contributed by atoms with van der Waals surface area (Å²) in [6.45, 7) is 6.92. The van der Waals surface area contributed by atoms with E-state index in [1.54, 1.807) is 55.6 Å². The van der Waals surface area contributed by atoms with Gasteiger partial charge in [0, 0.05) is 0 Å². The molecule has 65 heavy (non-hydrogen) atoms. The number of fused-ring (bicyclic) bond motifs is 2. The largest absolute Gasteiger partial charge is 0.497 e. The molecule has 0 amide bonds. The van der Waals surface area contributed by atoms with E-state index in [1.807, 2.05) is 19.1 Å². The van der Waals surface area contributed by atoms with Crippen LogP contribution in [0.5, 0.6) is 34.5 Å². The molecule has 0 unspecified atom stereocenters. The second-order valence-corrected chi connectivity index (χ2v) is 19.1. The third kappa shape index (κ3) is 11.2. The zero-order valence-electron chi connectivity index (χ0n) is 37.2. The van der Waals surface area contributed by atoms with Gasteiger partial charge in [0.05, 0.1) is 47.6 Å². The van der Waals surface area contributed by atoms with Gasteiger partial charge in [-0.05, 0) is 149 Å². The first-order chi connectivity index (χ1) is 31.5. The Balaban J connectivity index is 0.916. The quantitative estimate of drug-likeness (QED) is 0.0516. The normalized spacial score (nSPS) is 18.5. The van der Waals surface area contributed by atoms with Gasteiger partial charge in [-0.25, -0.2) is 9.97 Å². The summed E-state index contributed by atoms with van der Waals surface area (Å²) in [7, 11) is 1.57. The molecule has 0 N–H and O–H groups in total. The number of unbranched alkanes of at least 4 members (excludes halogenated alkanes) is 3. The summed E-state index contributed by atoms with van der Waals surface area (Å²) < 4.78 is 36.1. The number of methoxy groups -OCH3 is 1. The highest BCUT2D eigenvalue weighted by atomic mass is 32.1. The van der Waals surface area contributed by atoms with E-state index < -0.39 is 23.8 Å². The monoisotopic (exact) mass is 918 g/mol. The molecule has 0 aliphatic heterocycles. The fraction of sp³-hybridized carbons (Fsp3) is 0.412. The van der Waals surface area contributed by atoms with Gasteiger partial charge in [-0.3, -0.25) is 19.2 Å². The Morgan fingerprint density at radius 1 is 0.554 bits per heavy atom. The maximum absolute atomic E-state index is 13.8. The van der Waals surface area contributed by atoms with Crippen molar-refractivity contribution in [2.45, 2.75) is 97.8 Å². The van der Waals surface area contributed by atoms with Crippen LogP contribution in [-0.4, -0.2) is 47.6 Å². The fourth-order valence-electron chi connectivity index (χ4n) is 8.55. The molecule has 2 aliphatic rings. The van der Waals surface area contributed by atoms with Crippen molar-refractivity contribution in [2.75, 3.05) is 13.7 Å². The van der Waals surface area contributed by atoms with Crippen molar-refractivity contribution >= 4 is 67.0 Å². The van der Waals surface area contributed by atoms with Crippen molar-refractivity contribution in [1.82, 2.24) is 9.97 Å². The number of benzene rings is 4. The number of hydrogen-bond donors (Lipinski definition) is 0. The Kier molecular flexibility index (Phi) is 14.7. The fourth-order valence-corrected chi connectivity index (χ4v) is 10.7. The van der Waals surface area contributed by atoms with E-state index in [-0.39, 0.29) is 29.5 Å². The molecule has 0 radical (unpaired) electrons. The van der Waals surface area contributed by atoms with Gasteiger partial charge in [-0.15, -0.1) is 22.7 Å². The van der Waals surface area contributed by atoms with E-state index in [2.05, 4.69) is 26.0 Å². The first kappa shape index (κ1) is 45.7. The molecule has 0 saturated heterocycles. The van der Waals surface area contributed by atoms with Crippen LogP contribution in [-0.2, 0) is 19.2 Å². The number of aromatic nitrogens is 2. The smallest absolute Gasteiger partial charge is 0.314 e. The summed E-state index contributed by atoms with van der Waals surface area (Å²) in [6, 6.07) is 21.4. The molecule has 2 saturated carbocycles. The van der Waals surface area contributed by atoms with Crippen LogP contribution in [0.1, 0.15) is 95.1 Å². The number of thiazole rings is 2. The Morgan fingerprint density at radius 3 is 1.58 bits per heavy atom. The molecule has 2 heterocycles. The zero-order chi connectivity index (χ0) is 45.5. The summed E-state index contributed by atoms with van der Waals surface area (Å²) in [5.74, 6) is -0.0479. The van der Waals surface area contributed by atoms with Gasteiger partial charge in [0.15, 0.2) is 21.5 Å². The van der Waals surface area contributed by atoms with Gasteiger partial charge < -0.3 is 28.4 Å². The molecule has 2 fully saturated rings. The highest BCUT2D eigenvalue weighted by molar-refractivity contribution is 7.28. The summed E-state index contributed by atoms with van der Waals surface area (Å²) in [6.07, 6.45) is 8.36. The molecule has 0 bridgehead atoms. The van der Waals surface area contributed by atoms with Crippen molar-refractivity contribution in [3.05, 3.63) is 83.9 Å². The zero-order valence-corrected chi connectivity index (χ0v) is 38.9. The Labute approximate surface area is 386 Å². The highest BCUT2D eigenvalue weighted by Crippen LogP contribution is 2.44. The standard InChI is InChI=1S/C51H54N2O10S2/c1-5-6-7-8-27-59-37-19-23-39(24-20-37)61-49(55)32-9-13-34(14-10-32)50(56)62-40-25-26-41(45-44(40)53-47(65-45)46-52-43-31(3)28-30(2)29-42(43)64-46)63-51(57)35-15-11-33(12-16-35)48(54)60-38-21-17-36(58-4)18-22-38/h17-26,28-29,32-35H,5-16,27H2,1-4H3/t32-,33-,34-,35-. The number of ether oxygens (including phenoxy) is 6. The number of rotatable bonds is 16. The predicted molar refractivity (Wildman–Crippen MR) is 250 cm³/mol. The molecule has 12 nitrogen and oxygen atoms in total. The van der Waals surface area contributed by atoms with Gasteiger partial charge in [0.2, 0.25) is 0 Å². The number of carbonyl (C=O) groups excluding carboxylic acids is 4. The van der Waals surface area contributed by atoms with Crippen LogP contribution >= 0.6 is 22.7 Å². The number of esters is 4. The Hall–Kier alpha value is -5.86. The molecule has 2 aromatic heterocycles. The summed E-state index contributed by atoms with van der Waals surface area (Å²) >= 11 is 2.85. The number of carbonyl (C=O) groups is 4. The van der Waals surface area contributed by atoms with E-state index in [9.17, 15) is 19.2 Å². The molecular formula is C51H54N2O10S2. The topological polar surface area (TPSA) is 149 Å². The lowest BCUT2D eigenvalue weighted by molar-refractivity contribution is -0.145. The molecular weight excluding hydrogens is 865 g/mol. The maximum atomic E-state index is 13.8. The van der Waals surface area contributed by atoms with Gasteiger partial charge >= 0.3 is 23.9 Å². The average molecular weight is 919 g/mol. The van der Waals surface area contributed by atoms with E-state index >= 15 is 0 Å². The van der Waals surface area contributed by atoms with Gasteiger partial charge in [-0.1, -0.05) is 32.3 Å². The molecule has 0 atom stereocenters. The van der Waals surface area contributed by atoms with E-state index in [0.29, 0.717) is 101 Å².